The maximum atomic E-state index is 12.7. The third-order valence-electron chi connectivity index (χ3n) is 4.44. The molecule has 0 radical (unpaired) electrons. The van der Waals surface area contributed by atoms with Gasteiger partial charge in [-0.25, -0.2) is 9.59 Å². The van der Waals surface area contributed by atoms with Crippen LogP contribution in [0.3, 0.4) is 0 Å². The summed E-state index contributed by atoms with van der Waals surface area (Å²) in [5.41, 5.74) is -0.434. The average molecular weight is 335 g/mol. The number of aromatic hydroxyl groups is 1. The average Bonchev–Trinajstić information content (AvgIpc) is 2.47. The van der Waals surface area contributed by atoms with Gasteiger partial charge >= 0.3 is 12.1 Å². The quantitative estimate of drug-likeness (QED) is 0.867. The number of phenolic OH excluding ortho intramolecular Hbond substituents is 1. The minimum Gasteiger partial charge on any atom is -0.508 e. The monoisotopic (exact) mass is 335 g/mol. The standard InChI is InChI=1S/C18H25NO5/c1-6-18(15(21)22)14-11(2)7-8-13(20)12(14)9-10-19(18)16(23)24-17(3,4)5/h7-8,20H,6,9-10H2,1-5H3,(H,21,22). The van der Waals surface area contributed by atoms with Gasteiger partial charge in [0.05, 0.1) is 0 Å². The molecule has 1 aromatic rings. The zero-order valence-electron chi connectivity index (χ0n) is 14.8. The molecule has 1 unspecified atom stereocenters. The maximum absolute atomic E-state index is 12.7. The number of fused-ring (bicyclic) bond motifs is 1. The van der Waals surface area contributed by atoms with Crippen molar-refractivity contribution in [2.45, 2.75) is 58.6 Å². The first-order chi connectivity index (χ1) is 11.0. The van der Waals surface area contributed by atoms with E-state index in [1.807, 2.05) is 0 Å². The van der Waals surface area contributed by atoms with Crippen molar-refractivity contribution < 1.29 is 24.5 Å². The Morgan fingerprint density at radius 1 is 1.33 bits per heavy atom. The summed E-state index contributed by atoms with van der Waals surface area (Å²) in [5, 5.41) is 20.2. The molecular weight excluding hydrogens is 310 g/mol. The molecule has 1 aliphatic heterocycles. The number of benzene rings is 1. The molecule has 0 aliphatic carbocycles. The lowest BCUT2D eigenvalue weighted by atomic mass is 9.76. The fourth-order valence-corrected chi connectivity index (χ4v) is 3.44. The van der Waals surface area contributed by atoms with Crippen LogP contribution in [0.4, 0.5) is 4.79 Å². The van der Waals surface area contributed by atoms with E-state index < -0.39 is 23.2 Å². The van der Waals surface area contributed by atoms with Crippen LogP contribution in [0.2, 0.25) is 0 Å². The normalized spacial score (nSPS) is 20.5. The van der Waals surface area contributed by atoms with Crippen molar-refractivity contribution in [2.75, 3.05) is 6.54 Å². The number of nitrogens with zero attached hydrogens (tertiary/aromatic N) is 1. The van der Waals surface area contributed by atoms with E-state index >= 15 is 0 Å². The highest BCUT2D eigenvalue weighted by Gasteiger charge is 2.52. The number of carbonyl (C=O) groups is 2. The van der Waals surface area contributed by atoms with Crippen molar-refractivity contribution in [3.8, 4) is 5.75 Å². The molecule has 1 aromatic carbocycles. The van der Waals surface area contributed by atoms with E-state index in [0.717, 1.165) is 5.56 Å². The highest BCUT2D eigenvalue weighted by atomic mass is 16.6. The third-order valence-corrected chi connectivity index (χ3v) is 4.44. The van der Waals surface area contributed by atoms with Gasteiger partial charge < -0.3 is 14.9 Å². The Morgan fingerprint density at radius 2 is 1.96 bits per heavy atom. The predicted octanol–water partition coefficient (Wildman–Crippen LogP) is 3.18. The zero-order chi connectivity index (χ0) is 18.3. The van der Waals surface area contributed by atoms with Crippen LogP contribution in [0.15, 0.2) is 12.1 Å². The highest BCUT2D eigenvalue weighted by molar-refractivity contribution is 5.88. The molecule has 0 saturated carbocycles. The Morgan fingerprint density at radius 3 is 2.46 bits per heavy atom. The largest absolute Gasteiger partial charge is 0.508 e. The van der Waals surface area contributed by atoms with Crippen LogP contribution in [-0.4, -0.2) is 39.3 Å². The second-order valence-electron chi connectivity index (χ2n) is 7.16. The van der Waals surface area contributed by atoms with Gasteiger partial charge in [-0.05, 0) is 57.7 Å². The van der Waals surface area contributed by atoms with Gasteiger partial charge in [0.2, 0.25) is 0 Å². The third kappa shape index (κ3) is 2.81. The van der Waals surface area contributed by atoms with Crippen LogP contribution in [0.5, 0.6) is 5.75 Å². The molecule has 1 heterocycles. The van der Waals surface area contributed by atoms with E-state index in [-0.39, 0.29) is 18.7 Å². The van der Waals surface area contributed by atoms with E-state index in [1.165, 1.54) is 4.90 Å². The number of ether oxygens (including phenoxy) is 1. The van der Waals surface area contributed by atoms with E-state index in [9.17, 15) is 19.8 Å². The van der Waals surface area contributed by atoms with E-state index in [4.69, 9.17) is 4.74 Å². The van der Waals surface area contributed by atoms with Gasteiger partial charge in [0, 0.05) is 12.1 Å². The van der Waals surface area contributed by atoms with Crippen molar-refractivity contribution in [1.82, 2.24) is 4.90 Å². The molecule has 1 atom stereocenters. The number of phenols is 1. The number of amides is 1. The number of aryl methyl sites for hydroxylation is 1. The van der Waals surface area contributed by atoms with Crippen LogP contribution in [-0.2, 0) is 21.5 Å². The SMILES string of the molecule is CCC1(C(=O)O)c2c(C)ccc(O)c2CCN1C(=O)OC(C)(C)C. The van der Waals surface area contributed by atoms with Crippen molar-refractivity contribution >= 4 is 12.1 Å². The fourth-order valence-electron chi connectivity index (χ4n) is 3.44. The number of hydrogen-bond acceptors (Lipinski definition) is 4. The second-order valence-corrected chi connectivity index (χ2v) is 7.16. The molecule has 0 fully saturated rings. The molecule has 2 rings (SSSR count). The number of carboxylic acid groups (broad SMARTS) is 1. The maximum Gasteiger partial charge on any atom is 0.411 e. The highest BCUT2D eigenvalue weighted by Crippen LogP contribution is 2.44. The number of carboxylic acids is 1. The molecular formula is C18H25NO5. The molecule has 6 nitrogen and oxygen atoms in total. The van der Waals surface area contributed by atoms with Crippen LogP contribution in [0.1, 0.15) is 50.8 Å². The number of hydrogen-bond donors (Lipinski definition) is 2. The Balaban J connectivity index is 2.66. The lowest BCUT2D eigenvalue weighted by Gasteiger charge is -2.45. The van der Waals surface area contributed by atoms with Gasteiger partial charge in [-0.1, -0.05) is 13.0 Å². The topological polar surface area (TPSA) is 87.1 Å². The van der Waals surface area contributed by atoms with Gasteiger partial charge in [-0.15, -0.1) is 0 Å². The summed E-state index contributed by atoms with van der Waals surface area (Å²) in [4.78, 5) is 26.2. The fraction of sp³-hybridized carbons (Fsp3) is 0.556. The second kappa shape index (κ2) is 6.00. The first-order valence-electron chi connectivity index (χ1n) is 8.10. The molecule has 24 heavy (non-hydrogen) atoms. The number of aliphatic carboxylic acids is 1. The van der Waals surface area contributed by atoms with E-state index in [1.54, 1.807) is 46.8 Å². The lowest BCUT2D eigenvalue weighted by Crippen LogP contribution is -2.58. The zero-order valence-corrected chi connectivity index (χ0v) is 14.8. The minimum atomic E-state index is -1.54. The van der Waals surface area contributed by atoms with Crippen LogP contribution in [0.25, 0.3) is 0 Å². The predicted molar refractivity (Wildman–Crippen MR) is 89.1 cm³/mol. The van der Waals surface area contributed by atoms with Gasteiger partial charge in [0.15, 0.2) is 5.54 Å². The van der Waals surface area contributed by atoms with Gasteiger partial charge in [0.25, 0.3) is 0 Å². The Bertz CT molecular complexity index is 677. The van der Waals surface area contributed by atoms with Crippen LogP contribution < -0.4 is 0 Å². The molecule has 0 saturated heterocycles. The summed E-state index contributed by atoms with van der Waals surface area (Å²) in [6.45, 7) is 8.93. The summed E-state index contributed by atoms with van der Waals surface area (Å²) < 4.78 is 5.43. The lowest BCUT2D eigenvalue weighted by molar-refractivity contribution is -0.153. The molecule has 1 amide bonds. The molecule has 2 N–H and O–H groups in total. The van der Waals surface area contributed by atoms with Crippen molar-refractivity contribution in [1.29, 1.82) is 0 Å². The van der Waals surface area contributed by atoms with Crippen molar-refractivity contribution in [3.63, 3.8) is 0 Å². The van der Waals surface area contributed by atoms with Gasteiger partial charge in [0.1, 0.15) is 11.4 Å². The smallest absolute Gasteiger partial charge is 0.411 e. The summed E-state index contributed by atoms with van der Waals surface area (Å²) in [6.07, 6.45) is -0.0872. The molecule has 0 bridgehead atoms. The Kier molecular flexibility index (Phi) is 4.52. The van der Waals surface area contributed by atoms with Crippen LogP contribution >= 0.6 is 0 Å². The number of rotatable bonds is 2. The minimum absolute atomic E-state index is 0.0681. The molecule has 1 aliphatic rings. The van der Waals surface area contributed by atoms with Gasteiger partial charge in [-0.3, -0.25) is 4.90 Å². The first-order valence-corrected chi connectivity index (χ1v) is 8.10. The Hall–Kier alpha value is -2.24. The summed E-state index contributed by atoms with van der Waals surface area (Å²) in [7, 11) is 0. The van der Waals surface area contributed by atoms with E-state index in [0.29, 0.717) is 17.5 Å². The van der Waals surface area contributed by atoms with Crippen molar-refractivity contribution in [3.05, 3.63) is 28.8 Å². The molecule has 0 aromatic heterocycles. The van der Waals surface area contributed by atoms with Gasteiger partial charge in [-0.2, -0.15) is 0 Å². The van der Waals surface area contributed by atoms with Crippen LogP contribution in [0, 0.1) is 6.92 Å². The Labute approximate surface area is 142 Å². The van der Waals surface area contributed by atoms with Crippen molar-refractivity contribution in [2.24, 2.45) is 0 Å². The summed E-state index contributed by atoms with van der Waals surface area (Å²) in [5.74, 6) is -1.05. The molecule has 0 spiro atoms. The summed E-state index contributed by atoms with van der Waals surface area (Å²) >= 11 is 0. The molecule has 6 heteroatoms. The summed E-state index contributed by atoms with van der Waals surface area (Å²) in [6, 6.07) is 3.25. The first kappa shape index (κ1) is 18.1. The number of carbonyl (C=O) groups excluding carboxylic acids is 1. The molecule has 132 valence electrons. The van der Waals surface area contributed by atoms with E-state index in [2.05, 4.69) is 0 Å².